The third kappa shape index (κ3) is 6.54. The van der Waals surface area contributed by atoms with Gasteiger partial charge in [-0.1, -0.05) is 52.7 Å². The maximum Gasteiger partial charge on any atom is 0.238 e. The Morgan fingerprint density at radius 1 is 0.933 bits per heavy atom. The average molecular weight is 494 g/mol. The van der Waals surface area contributed by atoms with E-state index in [0.29, 0.717) is 23.8 Å². The van der Waals surface area contributed by atoms with Crippen molar-refractivity contribution in [3.8, 4) is 0 Å². The normalized spacial score (nSPS) is 15.0. The molecule has 2 N–H and O–H groups in total. The molecule has 160 valence electrons. The maximum absolute atomic E-state index is 12.4. The van der Waals surface area contributed by atoms with E-state index in [1.807, 2.05) is 30.3 Å². The molecule has 0 spiro atoms. The lowest BCUT2D eigenvalue weighted by molar-refractivity contribution is -0.120. The molecule has 0 aliphatic carbocycles. The second-order valence-electron chi connectivity index (χ2n) is 7.28. The average Bonchev–Trinajstić information content (AvgIpc) is 2.72. The highest BCUT2D eigenvalue weighted by Gasteiger charge is 2.21. The van der Waals surface area contributed by atoms with Crippen LogP contribution in [0.25, 0.3) is 0 Å². The summed E-state index contributed by atoms with van der Waals surface area (Å²) in [4.78, 5) is 29.0. The van der Waals surface area contributed by atoms with Gasteiger partial charge in [0.25, 0.3) is 0 Å². The van der Waals surface area contributed by atoms with Crippen LogP contribution in [0, 0.1) is 0 Å². The van der Waals surface area contributed by atoms with Crippen LogP contribution < -0.4 is 10.6 Å². The smallest absolute Gasteiger partial charge is 0.238 e. The molecular weight excluding hydrogens is 468 g/mol. The predicted octanol–water partition coefficient (Wildman–Crippen LogP) is 3.86. The Morgan fingerprint density at radius 3 is 2.07 bits per heavy atom. The van der Waals surface area contributed by atoms with Crippen molar-refractivity contribution in [1.29, 1.82) is 0 Å². The van der Waals surface area contributed by atoms with E-state index in [9.17, 15) is 9.59 Å². The van der Waals surface area contributed by atoms with Gasteiger partial charge in [-0.25, -0.2) is 0 Å². The van der Waals surface area contributed by atoms with E-state index in [1.165, 1.54) is 0 Å². The van der Waals surface area contributed by atoms with Gasteiger partial charge in [0.2, 0.25) is 11.8 Å². The van der Waals surface area contributed by atoms with E-state index in [4.69, 9.17) is 11.6 Å². The van der Waals surface area contributed by atoms with Gasteiger partial charge in [-0.05, 0) is 36.2 Å². The number of anilines is 2. The highest BCUT2D eigenvalue weighted by Crippen LogP contribution is 2.25. The number of halogens is 2. The van der Waals surface area contributed by atoms with Crippen molar-refractivity contribution in [3.63, 3.8) is 0 Å². The van der Waals surface area contributed by atoms with Crippen molar-refractivity contribution < 1.29 is 9.59 Å². The van der Waals surface area contributed by atoms with Crippen LogP contribution in [0.2, 0.25) is 5.02 Å². The standard InChI is InChI=1S/C22H26BrClN4O2/c1-2-16-5-3-4-6-19(16)25-21(29)14-27-9-11-28(12-10-27)15-22(30)26-20-8-7-17(23)13-18(20)24/h3-8,13H,2,9-12,14-15H2,1H3,(H,25,29)(H,26,30). The summed E-state index contributed by atoms with van der Waals surface area (Å²) >= 11 is 9.51. The van der Waals surface area contributed by atoms with Crippen molar-refractivity contribution in [2.45, 2.75) is 13.3 Å². The van der Waals surface area contributed by atoms with E-state index < -0.39 is 0 Å². The van der Waals surface area contributed by atoms with Crippen LogP contribution in [0.5, 0.6) is 0 Å². The second-order valence-corrected chi connectivity index (χ2v) is 8.61. The Bertz CT molecular complexity index is 900. The molecule has 1 aliphatic heterocycles. The molecule has 0 aromatic heterocycles. The molecule has 1 aliphatic rings. The molecule has 1 fully saturated rings. The first-order valence-corrected chi connectivity index (χ1v) is 11.2. The second kappa shape index (κ2) is 10.9. The molecule has 0 unspecified atom stereocenters. The number of para-hydroxylation sites is 1. The zero-order valence-corrected chi connectivity index (χ0v) is 19.3. The molecule has 0 atom stereocenters. The number of carbonyl (C=O) groups excluding carboxylic acids is 2. The Kier molecular flexibility index (Phi) is 8.27. The minimum Gasteiger partial charge on any atom is -0.325 e. The van der Waals surface area contributed by atoms with Crippen LogP contribution in [0.15, 0.2) is 46.9 Å². The van der Waals surface area contributed by atoms with Gasteiger partial charge in [-0.3, -0.25) is 19.4 Å². The summed E-state index contributed by atoms with van der Waals surface area (Å²) in [5, 5.41) is 6.37. The van der Waals surface area contributed by atoms with E-state index in [-0.39, 0.29) is 11.8 Å². The molecule has 0 bridgehead atoms. The quantitative estimate of drug-likeness (QED) is 0.615. The van der Waals surface area contributed by atoms with E-state index in [2.05, 4.69) is 43.3 Å². The number of carbonyl (C=O) groups is 2. The van der Waals surface area contributed by atoms with Gasteiger partial charge in [0.05, 0.1) is 23.8 Å². The summed E-state index contributed by atoms with van der Waals surface area (Å²) in [6, 6.07) is 13.2. The first-order chi connectivity index (χ1) is 14.4. The summed E-state index contributed by atoms with van der Waals surface area (Å²) in [5.41, 5.74) is 2.62. The van der Waals surface area contributed by atoms with Gasteiger partial charge < -0.3 is 10.6 Å². The summed E-state index contributed by atoms with van der Waals surface area (Å²) in [6.07, 6.45) is 0.878. The fourth-order valence-electron chi connectivity index (χ4n) is 3.43. The molecular formula is C22H26BrClN4O2. The summed E-state index contributed by atoms with van der Waals surface area (Å²) in [7, 11) is 0. The molecule has 8 heteroatoms. The fraction of sp³-hybridized carbons (Fsp3) is 0.364. The lowest BCUT2D eigenvalue weighted by atomic mass is 10.1. The van der Waals surface area contributed by atoms with Crippen LogP contribution in [-0.4, -0.2) is 60.9 Å². The topological polar surface area (TPSA) is 64.7 Å². The number of nitrogens with zero attached hydrogens (tertiary/aromatic N) is 2. The molecule has 6 nitrogen and oxygen atoms in total. The third-order valence-corrected chi connectivity index (χ3v) is 5.88. The van der Waals surface area contributed by atoms with Crippen molar-refractivity contribution in [2.24, 2.45) is 0 Å². The Labute approximate surface area is 190 Å². The van der Waals surface area contributed by atoms with E-state index in [1.54, 1.807) is 12.1 Å². The maximum atomic E-state index is 12.4. The Morgan fingerprint density at radius 2 is 1.50 bits per heavy atom. The number of nitrogens with one attached hydrogen (secondary N) is 2. The molecule has 1 heterocycles. The monoisotopic (exact) mass is 492 g/mol. The highest BCUT2D eigenvalue weighted by molar-refractivity contribution is 9.10. The minimum absolute atomic E-state index is 0.00743. The number of hydrogen-bond acceptors (Lipinski definition) is 4. The number of benzene rings is 2. The van der Waals surface area contributed by atoms with Crippen molar-refractivity contribution in [1.82, 2.24) is 9.80 Å². The Balaban J connectivity index is 1.42. The number of hydrogen-bond donors (Lipinski definition) is 2. The van der Waals surface area contributed by atoms with Gasteiger partial charge in [0.15, 0.2) is 0 Å². The number of piperazine rings is 1. The molecule has 0 saturated carbocycles. The van der Waals surface area contributed by atoms with E-state index in [0.717, 1.165) is 48.3 Å². The van der Waals surface area contributed by atoms with Gasteiger partial charge in [0.1, 0.15) is 0 Å². The number of rotatable bonds is 7. The van der Waals surface area contributed by atoms with Crippen LogP contribution in [0.3, 0.4) is 0 Å². The summed E-state index contributed by atoms with van der Waals surface area (Å²) in [5.74, 6) is -0.103. The van der Waals surface area contributed by atoms with Gasteiger partial charge in [0, 0.05) is 36.3 Å². The van der Waals surface area contributed by atoms with Crippen molar-refractivity contribution in [2.75, 3.05) is 49.9 Å². The molecule has 0 radical (unpaired) electrons. The first-order valence-electron chi connectivity index (χ1n) is 10.0. The van der Waals surface area contributed by atoms with Crippen LogP contribution >= 0.6 is 27.5 Å². The zero-order valence-electron chi connectivity index (χ0n) is 17.0. The lowest BCUT2D eigenvalue weighted by Gasteiger charge is -2.33. The zero-order chi connectivity index (χ0) is 21.5. The molecule has 2 aromatic rings. The third-order valence-electron chi connectivity index (χ3n) is 5.08. The van der Waals surface area contributed by atoms with Crippen molar-refractivity contribution >= 4 is 50.7 Å². The molecule has 2 aromatic carbocycles. The van der Waals surface area contributed by atoms with Gasteiger partial charge in [-0.15, -0.1) is 0 Å². The molecule has 3 rings (SSSR count). The SMILES string of the molecule is CCc1ccccc1NC(=O)CN1CCN(CC(=O)Nc2ccc(Br)cc2Cl)CC1. The van der Waals surface area contributed by atoms with Gasteiger partial charge >= 0.3 is 0 Å². The van der Waals surface area contributed by atoms with Crippen LogP contribution in [0.1, 0.15) is 12.5 Å². The highest BCUT2D eigenvalue weighted by atomic mass is 79.9. The Hall–Kier alpha value is -1.93. The fourth-order valence-corrected chi connectivity index (χ4v) is 4.15. The molecule has 30 heavy (non-hydrogen) atoms. The molecule has 2 amide bonds. The minimum atomic E-state index is -0.0958. The van der Waals surface area contributed by atoms with Crippen molar-refractivity contribution in [3.05, 3.63) is 57.5 Å². The summed E-state index contributed by atoms with van der Waals surface area (Å²) < 4.78 is 0.865. The number of aryl methyl sites for hydroxylation is 1. The van der Waals surface area contributed by atoms with Crippen LogP contribution in [-0.2, 0) is 16.0 Å². The molecule has 1 saturated heterocycles. The lowest BCUT2D eigenvalue weighted by Crippen LogP contribution is -2.50. The van der Waals surface area contributed by atoms with Gasteiger partial charge in [-0.2, -0.15) is 0 Å². The largest absolute Gasteiger partial charge is 0.325 e. The number of amides is 2. The van der Waals surface area contributed by atoms with Crippen LogP contribution in [0.4, 0.5) is 11.4 Å². The first kappa shape index (κ1) is 22.7. The predicted molar refractivity (Wildman–Crippen MR) is 125 cm³/mol. The summed E-state index contributed by atoms with van der Waals surface area (Å²) in [6.45, 7) is 5.69. The van der Waals surface area contributed by atoms with E-state index >= 15 is 0 Å².